The van der Waals surface area contributed by atoms with E-state index in [1.54, 1.807) is 20.8 Å². The Bertz CT molecular complexity index is 526. The number of carbonyl (C=O) groups is 1. The van der Waals surface area contributed by atoms with Gasteiger partial charge < -0.3 is 9.84 Å². The van der Waals surface area contributed by atoms with Crippen LogP contribution in [-0.4, -0.2) is 23.0 Å². The Morgan fingerprint density at radius 3 is 2.33 bits per heavy atom. The van der Waals surface area contributed by atoms with Crippen LogP contribution >= 0.6 is 11.6 Å². The van der Waals surface area contributed by atoms with Gasteiger partial charge in [0, 0.05) is 16.3 Å². The molecule has 2 N–H and O–H groups in total. The Kier molecular flexibility index (Phi) is 5.11. The van der Waals surface area contributed by atoms with Gasteiger partial charge in [0.05, 0.1) is 0 Å². The lowest BCUT2D eigenvalue weighted by Gasteiger charge is -2.20. The second-order valence-corrected chi connectivity index (χ2v) is 5.71. The Morgan fingerprint density at radius 2 is 1.90 bits per heavy atom. The van der Waals surface area contributed by atoms with Crippen molar-refractivity contribution in [3.05, 3.63) is 28.8 Å². The van der Waals surface area contributed by atoms with Gasteiger partial charge in [-0.15, -0.1) is 0 Å². The number of anilines is 1. The second-order valence-electron chi connectivity index (χ2n) is 5.31. The fourth-order valence-electron chi connectivity index (χ4n) is 1.42. The van der Waals surface area contributed by atoms with Crippen molar-refractivity contribution in [3.8, 4) is 0 Å². The predicted molar refractivity (Wildman–Crippen MR) is 72.3 cm³/mol. The van der Waals surface area contributed by atoms with E-state index in [0.29, 0.717) is 0 Å². The van der Waals surface area contributed by atoms with Crippen LogP contribution in [0.5, 0.6) is 0 Å². The SMILES string of the molecule is CC(C)(C)OC(=O)Nc1ccc([C@H](O)C(F)(F)F)c(Cl)c1. The lowest BCUT2D eigenvalue weighted by atomic mass is 10.1. The Hall–Kier alpha value is -1.47. The monoisotopic (exact) mass is 325 g/mol. The average molecular weight is 326 g/mol. The maximum absolute atomic E-state index is 12.4. The highest BCUT2D eigenvalue weighted by atomic mass is 35.5. The summed E-state index contributed by atoms with van der Waals surface area (Å²) in [4.78, 5) is 11.5. The molecule has 0 aliphatic heterocycles. The first-order chi connectivity index (χ1) is 9.40. The minimum absolute atomic E-state index is 0.160. The summed E-state index contributed by atoms with van der Waals surface area (Å²) in [6.45, 7) is 5.01. The molecule has 118 valence electrons. The summed E-state index contributed by atoms with van der Waals surface area (Å²) in [5.41, 5.74) is -1.04. The van der Waals surface area contributed by atoms with Crippen LogP contribution in [0.1, 0.15) is 32.4 Å². The highest BCUT2D eigenvalue weighted by molar-refractivity contribution is 6.31. The van der Waals surface area contributed by atoms with E-state index >= 15 is 0 Å². The number of alkyl halides is 3. The van der Waals surface area contributed by atoms with E-state index < -0.39 is 29.5 Å². The van der Waals surface area contributed by atoms with E-state index in [0.717, 1.165) is 12.1 Å². The zero-order chi connectivity index (χ0) is 16.4. The number of aliphatic hydroxyl groups is 1. The van der Waals surface area contributed by atoms with E-state index in [1.165, 1.54) is 6.07 Å². The molecule has 0 radical (unpaired) electrons. The molecule has 0 heterocycles. The van der Waals surface area contributed by atoms with Crippen molar-refractivity contribution in [3.63, 3.8) is 0 Å². The van der Waals surface area contributed by atoms with Gasteiger partial charge >= 0.3 is 12.3 Å². The fraction of sp³-hybridized carbons (Fsp3) is 0.462. The summed E-state index contributed by atoms with van der Waals surface area (Å²) in [5.74, 6) is 0. The average Bonchev–Trinajstić information content (AvgIpc) is 2.24. The van der Waals surface area contributed by atoms with E-state index in [4.69, 9.17) is 21.4 Å². The van der Waals surface area contributed by atoms with E-state index in [1.807, 2.05) is 0 Å². The number of rotatable bonds is 2. The van der Waals surface area contributed by atoms with Crippen LogP contribution in [0.15, 0.2) is 18.2 Å². The van der Waals surface area contributed by atoms with Crippen LogP contribution in [0.3, 0.4) is 0 Å². The third-order valence-electron chi connectivity index (χ3n) is 2.25. The molecule has 0 bridgehead atoms. The quantitative estimate of drug-likeness (QED) is 0.853. The number of hydrogen-bond acceptors (Lipinski definition) is 3. The Labute approximate surface area is 124 Å². The van der Waals surface area contributed by atoms with E-state index in [9.17, 15) is 18.0 Å². The molecular weight excluding hydrogens is 311 g/mol. The molecule has 0 saturated heterocycles. The van der Waals surface area contributed by atoms with Gasteiger partial charge in [0.1, 0.15) is 5.60 Å². The van der Waals surface area contributed by atoms with Crippen molar-refractivity contribution in [1.82, 2.24) is 0 Å². The molecule has 4 nitrogen and oxygen atoms in total. The van der Waals surface area contributed by atoms with Gasteiger partial charge in [0.15, 0.2) is 6.10 Å². The van der Waals surface area contributed by atoms with Crippen molar-refractivity contribution in [1.29, 1.82) is 0 Å². The molecule has 0 spiro atoms. The molecule has 1 atom stereocenters. The first-order valence-corrected chi connectivity index (χ1v) is 6.32. The molecule has 0 aliphatic carbocycles. The Balaban J connectivity index is 2.86. The Morgan fingerprint density at radius 1 is 1.33 bits per heavy atom. The molecule has 1 rings (SSSR count). The molecule has 1 aromatic carbocycles. The molecule has 0 unspecified atom stereocenters. The number of hydrogen-bond donors (Lipinski definition) is 2. The minimum atomic E-state index is -4.82. The molecule has 0 fully saturated rings. The summed E-state index contributed by atoms with van der Waals surface area (Å²) in [6, 6.07) is 3.29. The third-order valence-corrected chi connectivity index (χ3v) is 2.58. The molecule has 1 amide bonds. The van der Waals surface area contributed by atoms with Crippen LogP contribution in [-0.2, 0) is 4.74 Å². The highest BCUT2D eigenvalue weighted by Gasteiger charge is 2.40. The van der Waals surface area contributed by atoms with Gasteiger partial charge in [0.25, 0.3) is 0 Å². The first-order valence-electron chi connectivity index (χ1n) is 5.94. The number of halogens is 4. The van der Waals surface area contributed by atoms with E-state index in [2.05, 4.69) is 5.32 Å². The van der Waals surface area contributed by atoms with E-state index in [-0.39, 0.29) is 10.7 Å². The third kappa shape index (κ3) is 5.43. The van der Waals surface area contributed by atoms with Gasteiger partial charge in [-0.05, 0) is 32.9 Å². The number of benzene rings is 1. The maximum atomic E-state index is 12.4. The minimum Gasteiger partial charge on any atom is -0.444 e. The standard InChI is InChI=1S/C13H15ClF3NO3/c1-12(2,3)21-11(20)18-7-4-5-8(9(14)6-7)10(19)13(15,16)17/h4-6,10,19H,1-3H3,(H,18,20)/t10-/m0/s1. The number of aliphatic hydroxyl groups excluding tert-OH is 1. The van der Waals surface area contributed by atoms with Crippen molar-refractivity contribution in [2.45, 2.75) is 38.7 Å². The summed E-state index contributed by atoms with van der Waals surface area (Å²) in [5, 5.41) is 11.2. The van der Waals surface area contributed by atoms with Crippen molar-refractivity contribution in [2.24, 2.45) is 0 Å². The number of carbonyl (C=O) groups excluding carboxylic acids is 1. The zero-order valence-corrected chi connectivity index (χ0v) is 12.3. The van der Waals surface area contributed by atoms with Gasteiger partial charge in [-0.3, -0.25) is 5.32 Å². The normalized spacial score (nSPS) is 13.7. The number of ether oxygens (including phenoxy) is 1. The molecule has 0 aromatic heterocycles. The van der Waals surface area contributed by atoms with Crippen LogP contribution in [0.2, 0.25) is 5.02 Å². The van der Waals surface area contributed by atoms with Crippen molar-refractivity contribution < 1.29 is 27.8 Å². The van der Waals surface area contributed by atoms with Crippen LogP contribution < -0.4 is 5.32 Å². The largest absolute Gasteiger partial charge is 0.444 e. The van der Waals surface area contributed by atoms with Crippen LogP contribution in [0.25, 0.3) is 0 Å². The van der Waals surface area contributed by atoms with Crippen molar-refractivity contribution >= 4 is 23.4 Å². The molecule has 0 aliphatic rings. The van der Waals surface area contributed by atoms with Gasteiger partial charge in [-0.25, -0.2) is 4.79 Å². The molecule has 21 heavy (non-hydrogen) atoms. The smallest absolute Gasteiger partial charge is 0.418 e. The second kappa shape index (κ2) is 6.11. The summed E-state index contributed by atoms with van der Waals surface area (Å²) in [7, 11) is 0. The summed E-state index contributed by atoms with van der Waals surface area (Å²) in [6.07, 6.45) is -8.26. The summed E-state index contributed by atoms with van der Waals surface area (Å²) >= 11 is 5.69. The topological polar surface area (TPSA) is 58.6 Å². The lowest BCUT2D eigenvalue weighted by molar-refractivity contribution is -0.206. The van der Waals surface area contributed by atoms with Gasteiger partial charge in [-0.2, -0.15) is 13.2 Å². The predicted octanol–water partition coefficient (Wildman–Crippen LogP) is 4.28. The number of nitrogens with one attached hydrogen (secondary N) is 1. The summed E-state index contributed by atoms with van der Waals surface area (Å²) < 4.78 is 42.2. The highest BCUT2D eigenvalue weighted by Crippen LogP contribution is 2.36. The zero-order valence-electron chi connectivity index (χ0n) is 11.6. The van der Waals surface area contributed by atoms with Crippen LogP contribution in [0, 0.1) is 0 Å². The molecular formula is C13H15ClF3NO3. The molecule has 1 aromatic rings. The fourth-order valence-corrected chi connectivity index (χ4v) is 1.71. The van der Waals surface area contributed by atoms with Crippen LogP contribution in [0.4, 0.5) is 23.7 Å². The molecule has 0 saturated carbocycles. The lowest BCUT2D eigenvalue weighted by Crippen LogP contribution is -2.27. The van der Waals surface area contributed by atoms with Gasteiger partial charge in [0.2, 0.25) is 0 Å². The van der Waals surface area contributed by atoms with Gasteiger partial charge in [-0.1, -0.05) is 17.7 Å². The number of amides is 1. The van der Waals surface area contributed by atoms with Crippen molar-refractivity contribution in [2.75, 3.05) is 5.32 Å². The first kappa shape index (κ1) is 17.6. The maximum Gasteiger partial charge on any atom is 0.418 e. The molecule has 8 heteroatoms.